The SMILES string of the molecule is Cc1ccc(Cn2c(=O)c3ccccc3n3c(SCCOc4ccccc4F)nnc23)cc1. The molecule has 0 spiro atoms. The number of nitrogens with zero attached hydrogens (tertiary/aromatic N) is 4. The molecule has 8 heteroatoms. The predicted octanol–water partition coefficient (Wildman–Crippen LogP) is 4.71. The summed E-state index contributed by atoms with van der Waals surface area (Å²) in [6.07, 6.45) is 0. The number of hydrogen-bond acceptors (Lipinski definition) is 5. The standard InChI is InChI=1S/C25H21FN4O2S/c1-17-10-12-18(13-11-17)16-29-23(31)19-6-2-4-8-21(19)30-24(29)27-28-25(30)33-15-14-32-22-9-5-3-7-20(22)26/h2-13H,14-16H2,1H3. The van der Waals surface area contributed by atoms with Crippen LogP contribution in [-0.4, -0.2) is 31.5 Å². The molecular formula is C25H21FN4O2S. The van der Waals surface area contributed by atoms with E-state index in [2.05, 4.69) is 10.2 Å². The van der Waals surface area contributed by atoms with Gasteiger partial charge >= 0.3 is 0 Å². The highest BCUT2D eigenvalue weighted by molar-refractivity contribution is 7.99. The zero-order chi connectivity index (χ0) is 22.8. The van der Waals surface area contributed by atoms with Gasteiger partial charge in [-0.25, -0.2) is 4.39 Å². The Kier molecular flexibility index (Phi) is 5.83. The molecule has 3 aromatic carbocycles. The van der Waals surface area contributed by atoms with Crippen LogP contribution < -0.4 is 10.3 Å². The maximum atomic E-state index is 13.8. The Morgan fingerprint density at radius 2 is 1.73 bits per heavy atom. The van der Waals surface area contributed by atoms with Crippen LogP contribution in [0.4, 0.5) is 4.39 Å². The summed E-state index contributed by atoms with van der Waals surface area (Å²) in [5.74, 6) is 0.862. The number of para-hydroxylation sites is 2. The molecule has 0 aliphatic rings. The van der Waals surface area contributed by atoms with Gasteiger partial charge in [0.25, 0.3) is 5.56 Å². The quantitative estimate of drug-likeness (QED) is 0.260. The maximum Gasteiger partial charge on any atom is 0.263 e. The molecule has 0 amide bonds. The number of aryl methyl sites for hydroxylation is 1. The zero-order valence-electron chi connectivity index (χ0n) is 17.9. The first kappa shape index (κ1) is 21.2. The van der Waals surface area contributed by atoms with Crippen LogP contribution in [0.2, 0.25) is 0 Å². The van der Waals surface area contributed by atoms with E-state index in [1.165, 1.54) is 17.8 Å². The Morgan fingerprint density at radius 1 is 0.970 bits per heavy atom. The minimum absolute atomic E-state index is 0.106. The lowest BCUT2D eigenvalue weighted by Gasteiger charge is -2.12. The molecule has 2 aromatic heterocycles. The lowest BCUT2D eigenvalue weighted by molar-refractivity contribution is 0.325. The molecule has 2 heterocycles. The van der Waals surface area contributed by atoms with Gasteiger partial charge in [0.05, 0.1) is 24.1 Å². The van der Waals surface area contributed by atoms with E-state index in [0.29, 0.717) is 35.2 Å². The summed E-state index contributed by atoms with van der Waals surface area (Å²) in [4.78, 5) is 13.3. The molecule has 166 valence electrons. The molecular weight excluding hydrogens is 439 g/mol. The van der Waals surface area contributed by atoms with Gasteiger partial charge in [0.15, 0.2) is 16.7 Å². The van der Waals surface area contributed by atoms with Crippen LogP contribution in [0.3, 0.4) is 0 Å². The van der Waals surface area contributed by atoms with Gasteiger partial charge in [0.1, 0.15) is 0 Å². The van der Waals surface area contributed by atoms with Gasteiger partial charge in [0, 0.05) is 5.75 Å². The van der Waals surface area contributed by atoms with Crippen LogP contribution in [0.5, 0.6) is 5.75 Å². The predicted molar refractivity (Wildman–Crippen MR) is 128 cm³/mol. The third kappa shape index (κ3) is 4.21. The lowest BCUT2D eigenvalue weighted by atomic mass is 10.1. The fourth-order valence-corrected chi connectivity index (χ4v) is 4.45. The highest BCUT2D eigenvalue weighted by atomic mass is 32.2. The topological polar surface area (TPSA) is 61.4 Å². The van der Waals surface area contributed by atoms with Crippen molar-refractivity contribution in [2.24, 2.45) is 0 Å². The number of thioether (sulfide) groups is 1. The van der Waals surface area contributed by atoms with Gasteiger partial charge in [-0.05, 0) is 36.8 Å². The lowest BCUT2D eigenvalue weighted by Crippen LogP contribution is -2.24. The van der Waals surface area contributed by atoms with Crippen molar-refractivity contribution in [1.29, 1.82) is 0 Å². The number of rotatable bonds is 7. The van der Waals surface area contributed by atoms with E-state index in [9.17, 15) is 9.18 Å². The maximum absolute atomic E-state index is 13.8. The number of fused-ring (bicyclic) bond motifs is 3. The summed E-state index contributed by atoms with van der Waals surface area (Å²) in [5.41, 5.74) is 2.81. The molecule has 5 aromatic rings. The van der Waals surface area contributed by atoms with Crippen molar-refractivity contribution in [2.75, 3.05) is 12.4 Å². The number of ether oxygens (including phenoxy) is 1. The summed E-state index contributed by atoms with van der Waals surface area (Å²) < 4.78 is 22.9. The van der Waals surface area contributed by atoms with Crippen molar-refractivity contribution in [3.8, 4) is 5.75 Å². The second-order valence-electron chi connectivity index (χ2n) is 7.64. The molecule has 0 aliphatic carbocycles. The summed E-state index contributed by atoms with van der Waals surface area (Å²) in [5, 5.41) is 9.95. The molecule has 0 N–H and O–H groups in total. The second kappa shape index (κ2) is 9.07. The number of hydrogen-bond donors (Lipinski definition) is 0. The Hall–Kier alpha value is -3.65. The van der Waals surface area contributed by atoms with E-state index in [0.717, 1.165) is 16.6 Å². The fourth-order valence-electron chi connectivity index (χ4n) is 3.69. The highest BCUT2D eigenvalue weighted by Gasteiger charge is 2.17. The van der Waals surface area contributed by atoms with Gasteiger partial charge in [-0.2, -0.15) is 0 Å². The van der Waals surface area contributed by atoms with Crippen LogP contribution in [0.25, 0.3) is 16.7 Å². The van der Waals surface area contributed by atoms with E-state index in [1.54, 1.807) is 22.8 Å². The average molecular weight is 461 g/mol. The van der Waals surface area contributed by atoms with Gasteiger partial charge in [-0.1, -0.05) is 65.9 Å². The van der Waals surface area contributed by atoms with Gasteiger partial charge in [-0.15, -0.1) is 10.2 Å². The second-order valence-corrected chi connectivity index (χ2v) is 8.70. The van der Waals surface area contributed by atoms with Crippen LogP contribution in [0.15, 0.2) is 82.7 Å². The van der Waals surface area contributed by atoms with E-state index in [4.69, 9.17) is 4.74 Å². The Balaban J connectivity index is 1.48. The zero-order valence-corrected chi connectivity index (χ0v) is 18.8. The molecule has 0 saturated heterocycles. The van der Waals surface area contributed by atoms with E-state index >= 15 is 0 Å². The molecule has 0 atom stereocenters. The summed E-state index contributed by atoms with van der Waals surface area (Å²) in [6, 6.07) is 21.9. The molecule has 0 aliphatic heterocycles. The summed E-state index contributed by atoms with van der Waals surface area (Å²) >= 11 is 1.45. The number of benzene rings is 3. The van der Waals surface area contributed by atoms with E-state index in [1.807, 2.05) is 59.9 Å². The van der Waals surface area contributed by atoms with E-state index in [-0.39, 0.29) is 17.1 Å². The fraction of sp³-hybridized carbons (Fsp3) is 0.160. The van der Waals surface area contributed by atoms with Crippen LogP contribution >= 0.6 is 11.8 Å². The van der Waals surface area contributed by atoms with E-state index < -0.39 is 0 Å². The summed E-state index contributed by atoms with van der Waals surface area (Å²) in [6.45, 7) is 2.73. The number of halogens is 1. The average Bonchev–Trinajstić information content (AvgIpc) is 3.26. The first-order valence-corrected chi connectivity index (χ1v) is 11.5. The van der Waals surface area contributed by atoms with Crippen molar-refractivity contribution in [2.45, 2.75) is 18.6 Å². The third-order valence-electron chi connectivity index (χ3n) is 5.35. The third-order valence-corrected chi connectivity index (χ3v) is 6.24. The van der Waals surface area contributed by atoms with Gasteiger partial charge in [-0.3, -0.25) is 13.8 Å². The molecule has 5 rings (SSSR count). The molecule has 33 heavy (non-hydrogen) atoms. The van der Waals surface area contributed by atoms with Crippen molar-refractivity contribution in [3.63, 3.8) is 0 Å². The van der Waals surface area contributed by atoms with Crippen LogP contribution in [-0.2, 0) is 6.54 Å². The number of aromatic nitrogens is 4. The Morgan fingerprint density at radius 3 is 2.55 bits per heavy atom. The Bertz CT molecular complexity index is 1490. The highest BCUT2D eigenvalue weighted by Crippen LogP contribution is 2.23. The van der Waals surface area contributed by atoms with Gasteiger partial charge in [0.2, 0.25) is 5.78 Å². The first-order chi connectivity index (χ1) is 16.1. The molecule has 0 bridgehead atoms. The van der Waals surface area contributed by atoms with Crippen molar-refractivity contribution in [3.05, 3.63) is 100 Å². The molecule has 0 unspecified atom stereocenters. The molecule has 0 saturated carbocycles. The molecule has 0 radical (unpaired) electrons. The molecule has 6 nitrogen and oxygen atoms in total. The monoisotopic (exact) mass is 460 g/mol. The van der Waals surface area contributed by atoms with Gasteiger partial charge < -0.3 is 4.74 Å². The Labute approximate surface area is 193 Å². The minimum Gasteiger partial charge on any atom is -0.490 e. The van der Waals surface area contributed by atoms with Crippen molar-refractivity contribution < 1.29 is 9.13 Å². The first-order valence-electron chi connectivity index (χ1n) is 10.5. The smallest absolute Gasteiger partial charge is 0.263 e. The molecule has 0 fully saturated rings. The largest absolute Gasteiger partial charge is 0.490 e. The summed E-state index contributed by atoms with van der Waals surface area (Å²) in [7, 11) is 0. The normalized spacial score (nSPS) is 11.3. The van der Waals surface area contributed by atoms with Crippen molar-refractivity contribution in [1.82, 2.24) is 19.2 Å². The van der Waals surface area contributed by atoms with Crippen molar-refractivity contribution >= 4 is 28.4 Å². The van der Waals surface area contributed by atoms with Crippen LogP contribution in [0.1, 0.15) is 11.1 Å². The minimum atomic E-state index is -0.387. The van der Waals surface area contributed by atoms with Crippen LogP contribution in [0, 0.1) is 12.7 Å².